The van der Waals surface area contributed by atoms with E-state index in [0.29, 0.717) is 52.3 Å². The first-order chi connectivity index (χ1) is 12.6. The summed E-state index contributed by atoms with van der Waals surface area (Å²) in [5, 5.41) is 17.0. The summed E-state index contributed by atoms with van der Waals surface area (Å²) < 4.78 is 26.2. The molecule has 154 valence electrons. The Bertz CT molecular complexity index is 349. The monoisotopic (exact) mass is 380 g/mol. The van der Waals surface area contributed by atoms with E-state index in [1.165, 1.54) is 0 Å². The summed E-state index contributed by atoms with van der Waals surface area (Å²) in [6, 6.07) is 0. The van der Waals surface area contributed by atoms with Gasteiger partial charge < -0.3 is 33.9 Å². The van der Waals surface area contributed by atoms with E-state index in [9.17, 15) is 9.59 Å². The summed E-state index contributed by atoms with van der Waals surface area (Å²) in [4.78, 5) is 21.8. The SMILES string of the molecule is COC(CCOCCOCCO)COCCOC(=O)CCCCC(=O)O. The lowest BCUT2D eigenvalue weighted by molar-refractivity contribution is -0.146. The van der Waals surface area contributed by atoms with Crippen molar-refractivity contribution >= 4 is 11.9 Å². The molecule has 0 aromatic rings. The molecule has 0 heterocycles. The van der Waals surface area contributed by atoms with Gasteiger partial charge in [0.1, 0.15) is 6.61 Å². The molecule has 0 aromatic heterocycles. The second-order valence-electron chi connectivity index (χ2n) is 5.49. The molecule has 0 aromatic carbocycles. The molecule has 0 aliphatic rings. The number of aliphatic hydroxyl groups is 1. The van der Waals surface area contributed by atoms with E-state index >= 15 is 0 Å². The molecule has 0 bridgehead atoms. The highest BCUT2D eigenvalue weighted by Crippen LogP contribution is 2.02. The number of esters is 1. The number of ether oxygens (including phenoxy) is 5. The average molecular weight is 380 g/mol. The fraction of sp³-hybridized carbons (Fsp3) is 0.882. The van der Waals surface area contributed by atoms with Gasteiger partial charge in [0.25, 0.3) is 0 Å². The van der Waals surface area contributed by atoms with Crippen LogP contribution in [0.2, 0.25) is 0 Å². The van der Waals surface area contributed by atoms with Gasteiger partial charge in [-0.05, 0) is 19.3 Å². The van der Waals surface area contributed by atoms with Crippen LogP contribution in [-0.2, 0) is 33.3 Å². The van der Waals surface area contributed by atoms with E-state index in [-0.39, 0.29) is 44.7 Å². The Morgan fingerprint density at radius 1 is 0.885 bits per heavy atom. The van der Waals surface area contributed by atoms with E-state index in [0.717, 1.165) is 0 Å². The van der Waals surface area contributed by atoms with Crippen molar-refractivity contribution in [3.8, 4) is 0 Å². The second-order valence-corrected chi connectivity index (χ2v) is 5.49. The molecule has 0 saturated carbocycles. The molecule has 26 heavy (non-hydrogen) atoms. The minimum Gasteiger partial charge on any atom is -0.481 e. The van der Waals surface area contributed by atoms with Crippen LogP contribution < -0.4 is 0 Å². The van der Waals surface area contributed by atoms with Gasteiger partial charge in [0.2, 0.25) is 0 Å². The van der Waals surface area contributed by atoms with E-state index in [4.69, 9.17) is 33.9 Å². The van der Waals surface area contributed by atoms with Gasteiger partial charge in [-0.25, -0.2) is 0 Å². The molecule has 9 nitrogen and oxygen atoms in total. The molecule has 0 aliphatic heterocycles. The number of carboxylic acid groups (broad SMARTS) is 1. The van der Waals surface area contributed by atoms with Crippen LogP contribution in [0.5, 0.6) is 0 Å². The number of unbranched alkanes of at least 4 members (excludes halogenated alkanes) is 1. The number of hydrogen-bond acceptors (Lipinski definition) is 8. The number of methoxy groups -OCH3 is 1. The zero-order valence-corrected chi connectivity index (χ0v) is 15.5. The molecular formula is C17H32O9. The molecule has 1 unspecified atom stereocenters. The van der Waals surface area contributed by atoms with Crippen LogP contribution >= 0.6 is 0 Å². The van der Waals surface area contributed by atoms with E-state index in [1.54, 1.807) is 7.11 Å². The summed E-state index contributed by atoms with van der Waals surface area (Å²) in [6.07, 6.45) is 1.80. The third kappa shape index (κ3) is 17.6. The van der Waals surface area contributed by atoms with Gasteiger partial charge in [-0.15, -0.1) is 0 Å². The largest absolute Gasteiger partial charge is 0.481 e. The fourth-order valence-electron chi connectivity index (χ4n) is 1.92. The van der Waals surface area contributed by atoms with Crippen molar-refractivity contribution in [3.63, 3.8) is 0 Å². The van der Waals surface area contributed by atoms with E-state index < -0.39 is 5.97 Å². The molecule has 9 heteroatoms. The minimum absolute atomic E-state index is 0.00310. The standard InChI is InChI=1S/C17H32O9/c1-22-15(6-8-23-10-11-24-9-7-18)14-25-12-13-26-17(21)5-3-2-4-16(19)20/h15,18H,2-14H2,1H3,(H,19,20). The summed E-state index contributed by atoms with van der Waals surface area (Å²) in [5.74, 6) is -1.21. The zero-order valence-electron chi connectivity index (χ0n) is 15.5. The first-order valence-electron chi connectivity index (χ1n) is 8.84. The van der Waals surface area contributed by atoms with Gasteiger partial charge in [-0.1, -0.05) is 0 Å². The van der Waals surface area contributed by atoms with Gasteiger partial charge >= 0.3 is 11.9 Å². The molecule has 0 saturated heterocycles. The summed E-state index contributed by atoms with van der Waals surface area (Å²) >= 11 is 0. The number of carbonyl (C=O) groups is 2. The van der Waals surface area contributed by atoms with Crippen LogP contribution in [0.1, 0.15) is 32.1 Å². The van der Waals surface area contributed by atoms with Crippen LogP contribution in [0, 0.1) is 0 Å². The molecule has 2 N–H and O–H groups in total. The van der Waals surface area contributed by atoms with Gasteiger partial charge in [-0.3, -0.25) is 9.59 Å². The highest BCUT2D eigenvalue weighted by molar-refractivity contribution is 5.69. The van der Waals surface area contributed by atoms with Crippen molar-refractivity contribution in [2.75, 3.05) is 60.0 Å². The number of aliphatic carboxylic acids is 1. The Kier molecular flexibility index (Phi) is 17.6. The van der Waals surface area contributed by atoms with Crippen molar-refractivity contribution in [2.24, 2.45) is 0 Å². The van der Waals surface area contributed by atoms with Crippen molar-refractivity contribution in [3.05, 3.63) is 0 Å². The van der Waals surface area contributed by atoms with Crippen molar-refractivity contribution in [1.82, 2.24) is 0 Å². The second kappa shape index (κ2) is 18.5. The first kappa shape index (κ1) is 24.7. The summed E-state index contributed by atoms with van der Waals surface area (Å²) in [6.45, 7) is 2.53. The molecule has 0 aliphatic carbocycles. The third-order valence-corrected chi connectivity index (χ3v) is 3.34. The maximum absolute atomic E-state index is 11.4. The van der Waals surface area contributed by atoms with Crippen LogP contribution in [-0.4, -0.2) is 88.2 Å². The molecule has 0 amide bonds. The Balaban J connectivity index is 3.47. The smallest absolute Gasteiger partial charge is 0.305 e. The van der Waals surface area contributed by atoms with E-state index in [2.05, 4.69) is 0 Å². The normalized spacial score (nSPS) is 12.1. The van der Waals surface area contributed by atoms with Crippen LogP contribution in [0.3, 0.4) is 0 Å². The van der Waals surface area contributed by atoms with Gasteiger partial charge in [-0.2, -0.15) is 0 Å². The maximum Gasteiger partial charge on any atom is 0.305 e. The first-order valence-corrected chi connectivity index (χ1v) is 8.84. The van der Waals surface area contributed by atoms with Crippen LogP contribution in [0.15, 0.2) is 0 Å². The molecule has 0 radical (unpaired) electrons. The molecule has 0 rings (SSSR count). The van der Waals surface area contributed by atoms with Gasteiger partial charge in [0.05, 0.1) is 45.7 Å². The Labute approximate surface area is 154 Å². The fourth-order valence-corrected chi connectivity index (χ4v) is 1.92. The van der Waals surface area contributed by atoms with Crippen LogP contribution in [0.4, 0.5) is 0 Å². The van der Waals surface area contributed by atoms with Gasteiger partial charge in [0, 0.05) is 26.6 Å². The highest BCUT2D eigenvalue weighted by atomic mass is 16.6. The number of rotatable bonds is 19. The van der Waals surface area contributed by atoms with E-state index in [1.807, 2.05) is 0 Å². The third-order valence-electron chi connectivity index (χ3n) is 3.34. The average Bonchev–Trinajstić information content (AvgIpc) is 2.62. The summed E-state index contributed by atoms with van der Waals surface area (Å²) in [7, 11) is 1.59. The van der Waals surface area contributed by atoms with Gasteiger partial charge in [0.15, 0.2) is 0 Å². The quantitative estimate of drug-likeness (QED) is 0.245. The minimum atomic E-state index is -0.861. The number of carbonyl (C=O) groups excluding carboxylic acids is 1. The number of aliphatic hydroxyl groups excluding tert-OH is 1. The Morgan fingerprint density at radius 2 is 1.54 bits per heavy atom. The predicted octanol–water partition coefficient (Wildman–Crippen LogP) is 0.622. The highest BCUT2D eigenvalue weighted by Gasteiger charge is 2.08. The van der Waals surface area contributed by atoms with Crippen molar-refractivity contribution in [1.29, 1.82) is 0 Å². The van der Waals surface area contributed by atoms with Crippen molar-refractivity contribution in [2.45, 2.75) is 38.2 Å². The lowest BCUT2D eigenvalue weighted by Crippen LogP contribution is -2.22. The number of carboxylic acids is 1. The topological polar surface area (TPSA) is 121 Å². The zero-order chi connectivity index (χ0) is 19.5. The van der Waals surface area contributed by atoms with Crippen LogP contribution in [0.25, 0.3) is 0 Å². The molecule has 1 atom stereocenters. The Morgan fingerprint density at radius 3 is 2.19 bits per heavy atom. The molecule has 0 spiro atoms. The lowest BCUT2D eigenvalue weighted by atomic mass is 10.2. The maximum atomic E-state index is 11.4. The predicted molar refractivity (Wildman–Crippen MR) is 92.0 cm³/mol. The Hall–Kier alpha value is -1.26. The molecule has 0 fully saturated rings. The molecular weight excluding hydrogens is 348 g/mol. The summed E-state index contributed by atoms with van der Waals surface area (Å²) in [5.41, 5.74) is 0. The lowest BCUT2D eigenvalue weighted by Gasteiger charge is -2.15. The number of hydrogen-bond donors (Lipinski definition) is 2. The van der Waals surface area contributed by atoms with Crippen molar-refractivity contribution < 1.29 is 43.5 Å².